The van der Waals surface area contributed by atoms with Crippen molar-refractivity contribution in [3.8, 4) is 0 Å². The molecule has 0 radical (unpaired) electrons. The van der Waals surface area contributed by atoms with Crippen LogP contribution in [0.1, 0.15) is 19.7 Å². The molecule has 0 unspecified atom stereocenters. The van der Waals surface area contributed by atoms with E-state index >= 15 is 0 Å². The molecule has 4 nitrogen and oxygen atoms in total. The number of benzene rings is 2. The first kappa shape index (κ1) is 18.2. The molecule has 0 fully saturated rings. The molecule has 0 aliphatic carbocycles. The van der Waals surface area contributed by atoms with Crippen molar-refractivity contribution in [2.24, 2.45) is 0 Å². The summed E-state index contributed by atoms with van der Waals surface area (Å²) in [6.45, 7) is 3.63. The molecule has 1 aromatic heterocycles. The summed E-state index contributed by atoms with van der Waals surface area (Å²) in [5.41, 5.74) is 2.33. The number of nitrogens with zero attached hydrogens (tertiary/aromatic N) is 2. The van der Waals surface area contributed by atoms with E-state index in [0.29, 0.717) is 5.89 Å². The highest BCUT2D eigenvalue weighted by Crippen LogP contribution is 2.18. The minimum Gasteiger partial charge on any atom is -0.437 e. The molecule has 0 atom stereocenters. The SMILES string of the molecule is CC(=O)N(C=Cc1nc2ccccc2o1)c1ccccc1.CCI. The van der Waals surface area contributed by atoms with Gasteiger partial charge >= 0.3 is 0 Å². The largest absolute Gasteiger partial charge is 0.437 e. The van der Waals surface area contributed by atoms with Crippen LogP contribution in [0, 0.1) is 0 Å². The van der Waals surface area contributed by atoms with Crippen LogP contribution in [0.2, 0.25) is 0 Å². The van der Waals surface area contributed by atoms with Gasteiger partial charge in [-0.3, -0.25) is 9.69 Å². The Labute approximate surface area is 155 Å². The lowest BCUT2D eigenvalue weighted by atomic mass is 10.3. The lowest BCUT2D eigenvalue weighted by molar-refractivity contribution is -0.115. The molecule has 24 heavy (non-hydrogen) atoms. The third-order valence-electron chi connectivity index (χ3n) is 3.05. The highest BCUT2D eigenvalue weighted by Gasteiger charge is 2.08. The predicted octanol–water partition coefficient (Wildman–Crippen LogP) is 5.29. The summed E-state index contributed by atoms with van der Waals surface area (Å²) in [7, 11) is 0. The number of para-hydroxylation sites is 3. The number of carbonyl (C=O) groups excluding carboxylic acids is 1. The molecule has 1 amide bonds. The Balaban J connectivity index is 0.000000647. The Morgan fingerprint density at radius 3 is 2.42 bits per heavy atom. The summed E-state index contributed by atoms with van der Waals surface area (Å²) >= 11 is 2.29. The fourth-order valence-corrected chi connectivity index (χ4v) is 2.06. The van der Waals surface area contributed by atoms with Gasteiger partial charge < -0.3 is 4.42 Å². The minimum atomic E-state index is -0.0754. The Morgan fingerprint density at radius 1 is 1.17 bits per heavy atom. The highest BCUT2D eigenvalue weighted by molar-refractivity contribution is 14.1. The van der Waals surface area contributed by atoms with E-state index in [2.05, 4.69) is 34.5 Å². The molecular formula is C19H19IN2O2. The van der Waals surface area contributed by atoms with E-state index in [0.717, 1.165) is 16.8 Å². The van der Waals surface area contributed by atoms with Gasteiger partial charge in [0.15, 0.2) is 5.58 Å². The van der Waals surface area contributed by atoms with E-state index in [4.69, 9.17) is 4.42 Å². The smallest absolute Gasteiger partial charge is 0.227 e. The Kier molecular flexibility index (Phi) is 6.99. The Morgan fingerprint density at radius 2 is 1.79 bits per heavy atom. The minimum absolute atomic E-state index is 0.0754. The highest BCUT2D eigenvalue weighted by atomic mass is 127. The third-order valence-corrected chi connectivity index (χ3v) is 3.05. The maximum Gasteiger partial charge on any atom is 0.227 e. The summed E-state index contributed by atoms with van der Waals surface area (Å²) in [6.07, 6.45) is 3.36. The molecule has 3 rings (SSSR count). The van der Waals surface area contributed by atoms with Gasteiger partial charge in [0.05, 0.1) is 0 Å². The average Bonchev–Trinajstić information content (AvgIpc) is 2.99. The quantitative estimate of drug-likeness (QED) is 0.416. The van der Waals surface area contributed by atoms with Crippen LogP contribution < -0.4 is 4.90 Å². The molecule has 0 saturated heterocycles. The molecule has 124 valence electrons. The van der Waals surface area contributed by atoms with Crippen molar-refractivity contribution in [3.05, 3.63) is 66.7 Å². The molecule has 0 bridgehead atoms. The van der Waals surface area contributed by atoms with E-state index in [9.17, 15) is 4.79 Å². The number of alkyl halides is 1. The van der Waals surface area contributed by atoms with Crippen molar-refractivity contribution in [3.63, 3.8) is 0 Å². The van der Waals surface area contributed by atoms with Crippen LogP contribution >= 0.6 is 22.6 Å². The number of fused-ring (bicyclic) bond motifs is 1. The number of carbonyl (C=O) groups is 1. The van der Waals surface area contributed by atoms with Gasteiger partial charge in [-0.05, 0) is 28.7 Å². The lowest BCUT2D eigenvalue weighted by Gasteiger charge is -2.15. The van der Waals surface area contributed by atoms with E-state index in [1.165, 1.54) is 11.4 Å². The maximum absolute atomic E-state index is 11.8. The second kappa shape index (κ2) is 9.22. The van der Waals surface area contributed by atoms with Crippen LogP contribution in [-0.4, -0.2) is 15.3 Å². The first-order valence-electron chi connectivity index (χ1n) is 7.60. The van der Waals surface area contributed by atoms with Crippen LogP contribution in [0.15, 0.2) is 65.2 Å². The summed E-state index contributed by atoms with van der Waals surface area (Å²) < 4.78 is 6.82. The van der Waals surface area contributed by atoms with Gasteiger partial charge in [-0.2, -0.15) is 0 Å². The van der Waals surface area contributed by atoms with E-state index in [1.807, 2.05) is 54.6 Å². The molecule has 1 heterocycles. The lowest BCUT2D eigenvalue weighted by Crippen LogP contribution is -2.21. The maximum atomic E-state index is 11.8. The molecule has 2 aromatic carbocycles. The van der Waals surface area contributed by atoms with E-state index in [1.54, 1.807) is 17.2 Å². The van der Waals surface area contributed by atoms with Gasteiger partial charge in [-0.25, -0.2) is 4.98 Å². The van der Waals surface area contributed by atoms with Gasteiger partial charge in [0.2, 0.25) is 11.8 Å². The number of rotatable bonds is 3. The Bertz CT molecular complexity index is 779. The molecule has 0 aliphatic heterocycles. The molecule has 0 N–H and O–H groups in total. The topological polar surface area (TPSA) is 46.3 Å². The zero-order valence-corrected chi connectivity index (χ0v) is 15.8. The molecule has 0 spiro atoms. The number of halogens is 1. The van der Waals surface area contributed by atoms with Gasteiger partial charge in [-0.15, -0.1) is 0 Å². The summed E-state index contributed by atoms with van der Waals surface area (Å²) in [4.78, 5) is 17.7. The number of aromatic nitrogens is 1. The second-order valence-electron chi connectivity index (χ2n) is 4.83. The normalized spacial score (nSPS) is 10.5. The number of oxazole rings is 1. The molecule has 0 aliphatic rings. The Hall–Kier alpha value is -2.15. The van der Waals surface area contributed by atoms with Crippen LogP contribution in [-0.2, 0) is 4.79 Å². The molecular weight excluding hydrogens is 415 g/mol. The predicted molar refractivity (Wildman–Crippen MR) is 107 cm³/mol. The second-order valence-corrected chi connectivity index (χ2v) is 6.35. The van der Waals surface area contributed by atoms with Crippen molar-refractivity contribution in [2.45, 2.75) is 13.8 Å². The molecule has 3 aromatic rings. The van der Waals surface area contributed by atoms with Gasteiger partial charge in [-0.1, -0.05) is 59.8 Å². The zero-order chi connectivity index (χ0) is 17.4. The monoisotopic (exact) mass is 434 g/mol. The van der Waals surface area contributed by atoms with Crippen molar-refractivity contribution < 1.29 is 9.21 Å². The van der Waals surface area contributed by atoms with Crippen LogP contribution in [0.25, 0.3) is 17.2 Å². The average molecular weight is 434 g/mol. The summed E-state index contributed by atoms with van der Waals surface area (Å²) in [6, 6.07) is 17.0. The first-order chi connectivity index (χ1) is 11.7. The number of amides is 1. The van der Waals surface area contributed by atoms with E-state index in [-0.39, 0.29) is 5.91 Å². The van der Waals surface area contributed by atoms with E-state index < -0.39 is 0 Å². The van der Waals surface area contributed by atoms with Crippen molar-refractivity contribution in [1.29, 1.82) is 0 Å². The van der Waals surface area contributed by atoms with Gasteiger partial charge in [0.25, 0.3) is 0 Å². The third kappa shape index (κ3) is 4.92. The van der Waals surface area contributed by atoms with Crippen LogP contribution in [0.4, 0.5) is 5.69 Å². The molecule has 5 heteroatoms. The number of hydrogen-bond donors (Lipinski definition) is 0. The zero-order valence-electron chi connectivity index (χ0n) is 13.6. The first-order valence-corrected chi connectivity index (χ1v) is 9.12. The van der Waals surface area contributed by atoms with Crippen LogP contribution in [0.5, 0.6) is 0 Å². The fraction of sp³-hybridized carbons (Fsp3) is 0.158. The summed E-state index contributed by atoms with van der Waals surface area (Å²) in [5.74, 6) is 0.395. The van der Waals surface area contributed by atoms with Gasteiger partial charge in [0, 0.05) is 24.9 Å². The number of hydrogen-bond acceptors (Lipinski definition) is 3. The van der Waals surface area contributed by atoms with Crippen molar-refractivity contribution >= 4 is 51.4 Å². The van der Waals surface area contributed by atoms with Crippen molar-refractivity contribution in [2.75, 3.05) is 9.33 Å². The fourth-order valence-electron chi connectivity index (χ4n) is 2.06. The summed E-state index contributed by atoms with van der Waals surface area (Å²) in [5, 5.41) is 0. The standard InChI is InChI=1S/C17H14N2O2.C2H5I/c1-13(20)19(14-7-3-2-4-8-14)12-11-17-18-15-9-5-6-10-16(15)21-17;1-2-3/h2-12H,1H3;2H2,1H3. The van der Waals surface area contributed by atoms with Gasteiger partial charge in [0.1, 0.15) is 5.52 Å². The molecule has 0 saturated carbocycles. The van der Waals surface area contributed by atoms with Crippen molar-refractivity contribution in [1.82, 2.24) is 4.98 Å². The van der Waals surface area contributed by atoms with Crippen LogP contribution in [0.3, 0.4) is 0 Å². The number of anilines is 1.